The Morgan fingerprint density at radius 2 is 1.63 bits per heavy atom. The monoisotopic (exact) mass is 387 g/mol. The third-order valence-corrected chi connectivity index (χ3v) is 6.96. The lowest BCUT2D eigenvalue weighted by Gasteiger charge is -2.34. The second kappa shape index (κ2) is 7.80. The molecular weight excluding hydrogens is 362 g/mol. The minimum Gasteiger partial charge on any atom is -0.336 e. The molecule has 0 saturated carbocycles. The number of piperazine rings is 1. The first kappa shape index (κ1) is 19.5. The van der Waals surface area contributed by atoms with E-state index in [4.69, 9.17) is 5.73 Å². The largest absolute Gasteiger partial charge is 0.336 e. The molecule has 1 heterocycles. The van der Waals surface area contributed by atoms with Crippen LogP contribution in [0.4, 0.5) is 0 Å². The number of benzene rings is 2. The molecule has 1 aliphatic heterocycles. The Labute approximate surface area is 160 Å². The summed E-state index contributed by atoms with van der Waals surface area (Å²) in [6.45, 7) is 5.46. The molecule has 7 heteroatoms. The molecule has 1 aliphatic rings. The average molecular weight is 388 g/mol. The van der Waals surface area contributed by atoms with E-state index in [1.54, 1.807) is 30.0 Å². The zero-order valence-electron chi connectivity index (χ0n) is 15.7. The van der Waals surface area contributed by atoms with Gasteiger partial charge in [-0.1, -0.05) is 24.3 Å². The lowest BCUT2D eigenvalue weighted by Crippen LogP contribution is -2.50. The minimum absolute atomic E-state index is 0.0812. The van der Waals surface area contributed by atoms with Crippen LogP contribution in [-0.2, 0) is 16.6 Å². The topological polar surface area (TPSA) is 83.7 Å². The Morgan fingerprint density at radius 1 is 1.00 bits per heavy atom. The van der Waals surface area contributed by atoms with Gasteiger partial charge in [0.2, 0.25) is 10.0 Å². The molecule has 27 heavy (non-hydrogen) atoms. The van der Waals surface area contributed by atoms with E-state index >= 15 is 0 Å². The first-order valence-corrected chi connectivity index (χ1v) is 10.4. The molecule has 2 N–H and O–H groups in total. The van der Waals surface area contributed by atoms with Gasteiger partial charge >= 0.3 is 0 Å². The molecule has 3 rings (SSSR count). The number of sulfonamides is 1. The smallest absolute Gasteiger partial charge is 0.253 e. The number of carbonyl (C=O) groups excluding carboxylic acids is 1. The number of amides is 1. The molecular formula is C20H25N3O3S. The van der Waals surface area contributed by atoms with E-state index in [0.717, 1.165) is 16.7 Å². The van der Waals surface area contributed by atoms with Crippen LogP contribution in [0.25, 0.3) is 0 Å². The second-order valence-electron chi connectivity index (χ2n) is 6.87. The van der Waals surface area contributed by atoms with Gasteiger partial charge in [-0.05, 0) is 48.7 Å². The zero-order valence-corrected chi connectivity index (χ0v) is 16.5. The Kier molecular flexibility index (Phi) is 5.64. The average Bonchev–Trinajstić information content (AvgIpc) is 2.69. The lowest BCUT2D eigenvalue weighted by molar-refractivity contribution is 0.0698. The van der Waals surface area contributed by atoms with Gasteiger partial charge in [0.15, 0.2) is 0 Å². The highest BCUT2D eigenvalue weighted by Gasteiger charge is 2.31. The van der Waals surface area contributed by atoms with Gasteiger partial charge in [0, 0.05) is 38.3 Å². The summed E-state index contributed by atoms with van der Waals surface area (Å²) in [5.41, 5.74) is 8.80. The van der Waals surface area contributed by atoms with Gasteiger partial charge < -0.3 is 10.6 Å². The van der Waals surface area contributed by atoms with E-state index in [2.05, 4.69) is 0 Å². The fraction of sp³-hybridized carbons (Fsp3) is 0.350. The van der Waals surface area contributed by atoms with Gasteiger partial charge in [0.25, 0.3) is 5.91 Å². The van der Waals surface area contributed by atoms with E-state index in [1.165, 1.54) is 4.31 Å². The molecule has 2 aromatic rings. The van der Waals surface area contributed by atoms with Crippen LogP contribution in [-0.4, -0.2) is 49.7 Å². The molecule has 0 spiro atoms. The van der Waals surface area contributed by atoms with Crippen molar-refractivity contribution < 1.29 is 13.2 Å². The lowest BCUT2D eigenvalue weighted by atomic mass is 10.1. The quantitative estimate of drug-likeness (QED) is 0.869. The van der Waals surface area contributed by atoms with Crippen LogP contribution >= 0.6 is 0 Å². The van der Waals surface area contributed by atoms with Gasteiger partial charge in [-0.3, -0.25) is 4.79 Å². The third-order valence-electron chi connectivity index (χ3n) is 4.92. The highest BCUT2D eigenvalue weighted by atomic mass is 32.2. The molecule has 2 aromatic carbocycles. The summed E-state index contributed by atoms with van der Waals surface area (Å²) >= 11 is 0. The van der Waals surface area contributed by atoms with E-state index in [1.807, 2.05) is 31.2 Å². The summed E-state index contributed by atoms with van der Waals surface area (Å²) in [7, 11) is -3.56. The van der Waals surface area contributed by atoms with E-state index in [0.29, 0.717) is 43.2 Å². The van der Waals surface area contributed by atoms with E-state index in [-0.39, 0.29) is 5.91 Å². The van der Waals surface area contributed by atoms with Crippen molar-refractivity contribution in [3.8, 4) is 0 Å². The Morgan fingerprint density at radius 3 is 2.22 bits per heavy atom. The third kappa shape index (κ3) is 4.05. The molecule has 0 unspecified atom stereocenters. The maximum absolute atomic E-state index is 13.0. The van der Waals surface area contributed by atoms with Crippen molar-refractivity contribution in [2.45, 2.75) is 25.3 Å². The second-order valence-corrected chi connectivity index (χ2v) is 8.77. The summed E-state index contributed by atoms with van der Waals surface area (Å²) in [6.07, 6.45) is 0. The van der Waals surface area contributed by atoms with Crippen LogP contribution in [0.15, 0.2) is 47.4 Å². The number of aryl methyl sites for hydroxylation is 2. The fourth-order valence-corrected chi connectivity index (χ4v) is 4.95. The number of hydrogen-bond acceptors (Lipinski definition) is 4. The number of nitrogens with zero attached hydrogens (tertiary/aromatic N) is 2. The summed E-state index contributed by atoms with van der Waals surface area (Å²) in [6, 6.07) is 12.7. The first-order chi connectivity index (χ1) is 12.8. The van der Waals surface area contributed by atoms with Crippen LogP contribution in [0, 0.1) is 13.8 Å². The number of rotatable bonds is 4. The predicted molar refractivity (Wildman–Crippen MR) is 105 cm³/mol. The van der Waals surface area contributed by atoms with Gasteiger partial charge in [-0.2, -0.15) is 4.31 Å². The van der Waals surface area contributed by atoms with Crippen LogP contribution in [0.5, 0.6) is 0 Å². The van der Waals surface area contributed by atoms with Gasteiger partial charge in [0.1, 0.15) is 0 Å². The first-order valence-electron chi connectivity index (χ1n) is 8.98. The molecule has 0 radical (unpaired) electrons. The van der Waals surface area contributed by atoms with E-state index in [9.17, 15) is 13.2 Å². The standard InChI is InChI=1S/C20H25N3O3S/c1-15-3-4-16(2)19(13-15)27(25,26)23-11-9-22(10-12-23)20(24)18-7-5-17(14-21)6-8-18/h3-8,13H,9-12,14,21H2,1-2H3. The molecule has 1 saturated heterocycles. The molecule has 144 valence electrons. The van der Waals surface area contributed by atoms with Crippen LogP contribution < -0.4 is 5.73 Å². The summed E-state index contributed by atoms with van der Waals surface area (Å²) in [5.74, 6) is -0.0812. The zero-order chi connectivity index (χ0) is 19.6. The SMILES string of the molecule is Cc1ccc(C)c(S(=O)(=O)N2CCN(C(=O)c3ccc(CN)cc3)CC2)c1. The molecule has 1 fully saturated rings. The summed E-state index contributed by atoms with van der Waals surface area (Å²) in [5, 5.41) is 0. The molecule has 1 amide bonds. The maximum atomic E-state index is 13.0. The van der Waals surface area contributed by atoms with Crippen molar-refractivity contribution in [3.63, 3.8) is 0 Å². The normalized spacial score (nSPS) is 15.7. The van der Waals surface area contributed by atoms with Gasteiger partial charge in [-0.25, -0.2) is 8.42 Å². The minimum atomic E-state index is -3.56. The molecule has 0 atom stereocenters. The summed E-state index contributed by atoms with van der Waals surface area (Å²) < 4.78 is 27.4. The van der Waals surface area contributed by atoms with Crippen LogP contribution in [0.2, 0.25) is 0 Å². The Balaban J connectivity index is 1.70. The van der Waals surface area contributed by atoms with Gasteiger partial charge in [-0.15, -0.1) is 0 Å². The van der Waals surface area contributed by atoms with Crippen LogP contribution in [0.1, 0.15) is 27.0 Å². The van der Waals surface area contributed by atoms with Crippen LogP contribution in [0.3, 0.4) is 0 Å². The van der Waals surface area contributed by atoms with Gasteiger partial charge in [0.05, 0.1) is 4.90 Å². The van der Waals surface area contributed by atoms with Crippen molar-refractivity contribution in [1.29, 1.82) is 0 Å². The van der Waals surface area contributed by atoms with Crippen molar-refractivity contribution >= 4 is 15.9 Å². The number of hydrogen-bond donors (Lipinski definition) is 1. The highest BCUT2D eigenvalue weighted by molar-refractivity contribution is 7.89. The number of nitrogens with two attached hydrogens (primary N) is 1. The maximum Gasteiger partial charge on any atom is 0.253 e. The van der Waals surface area contributed by atoms with Crippen molar-refractivity contribution in [1.82, 2.24) is 9.21 Å². The molecule has 0 aliphatic carbocycles. The van der Waals surface area contributed by atoms with Crippen molar-refractivity contribution in [3.05, 3.63) is 64.7 Å². The molecule has 0 bridgehead atoms. The van der Waals surface area contributed by atoms with E-state index < -0.39 is 10.0 Å². The Bertz CT molecular complexity index is 931. The van der Waals surface area contributed by atoms with Crippen molar-refractivity contribution in [2.24, 2.45) is 5.73 Å². The predicted octanol–water partition coefficient (Wildman–Crippen LogP) is 1.91. The highest BCUT2D eigenvalue weighted by Crippen LogP contribution is 2.23. The fourth-order valence-electron chi connectivity index (χ4n) is 3.22. The Hall–Kier alpha value is -2.22. The van der Waals surface area contributed by atoms with Crippen molar-refractivity contribution in [2.75, 3.05) is 26.2 Å². The number of carbonyl (C=O) groups is 1. The molecule has 6 nitrogen and oxygen atoms in total. The molecule has 0 aromatic heterocycles. The summed E-state index contributed by atoms with van der Waals surface area (Å²) in [4.78, 5) is 14.7.